The van der Waals surface area contributed by atoms with E-state index in [1.165, 1.54) is 18.6 Å². The van der Waals surface area contributed by atoms with Crippen molar-refractivity contribution in [1.29, 1.82) is 0 Å². The maximum absolute atomic E-state index is 5.30. The summed E-state index contributed by atoms with van der Waals surface area (Å²) < 4.78 is 0. The lowest BCUT2D eigenvalue weighted by Crippen LogP contribution is -2.16. The van der Waals surface area contributed by atoms with Gasteiger partial charge in [-0.15, -0.1) is 0 Å². The summed E-state index contributed by atoms with van der Waals surface area (Å²) in [6.45, 7) is 2.89. The molecular formula is C10H17N5S. The minimum atomic E-state index is 0.460. The minimum absolute atomic E-state index is 0.460. The van der Waals surface area contributed by atoms with Gasteiger partial charge in [-0.1, -0.05) is 0 Å². The molecule has 0 amide bonds. The van der Waals surface area contributed by atoms with Crippen LogP contribution in [0.5, 0.6) is 0 Å². The summed E-state index contributed by atoms with van der Waals surface area (Å²) in [5.74, 6) is 7.88. The molecule has 1 aliphatic rings. The van der Waals surface area contributed by atoms with Crippen molar-refractivity contribution < 1.29 is 0 Å². The molecule has 1 aliphatic heterocycles. The molecule has 1 saturated heterocycles. The molecule has 2 rings (SSSR count). The van der Waals surface area contributed by atoms with Crippen LogP contribution in [0.2, 0.25) is 0 Å². The summed E-state index contributed by atoms with van der Waals surface area (Å²) in [4.78, 5) is 8.39. The monoisotopic (exact) mass is 239 g/mol. The molecule has 1 aromatic heterocycles. The van der Waals surface area contributed by atoms with Gasteiger partial charge in [-0.05, 0) is 25.5 Å². The van der Waals surface area contributed by atoms with E-state index in [0.29, 0.717) is 11.2 Å². The van der Waals surface area contributed by atoms with Crippen LogP contribution in [0.25, 0.3) is 0 Å². The quantitative estimate of drug-likeness (QED) is 0.544. The van der Waals surface area contributed by atoms with E-state index in [1.54, 1.807) is 0 Å². The first-order valence-electron chi connectivity index (χ1n) is 5.45. The molecule has 1 aromatic rings. The van der Waals surface area contributed by atoms with Crippen LogP contribution in [0, 0.1) is 6.92 Å². The smallest absolute Gasteiger partial charge is 0.239 e. The largest absolute Gasteiger partial charge is 0.369 e. The summed E-state index contributed by atoms with van der Waals surface area (Å²) in [5.41, 5.74) is 3.38. The molecule has 0 aliphatic carbocycles. The number of nitrogens with two attached hydrogens (primary N) is 1. The third kappa shape index (κ3) is 2.99. The van der Waals surface area contributed by atoms with Crippen LogP contribution in [0.3, 0.4) is 0 Å². The van der Waals surface area contributed by atoms with Gasteiger partial charge < -0.3 is 5.32 Å². The average molecular weight is 239 g/mol. The molecule has 0 spiro atoms. The fourth-order valence-corrected chi connectivity index (χ4v) is 2.95. The van der Waals surface area contributed by atoms with Gasteiger partial charge in [0.2, 0.25) is 5.95 Å². The number of nitrogen functional groups attached to an aromatic ring is 1. The van der Waals surface area contributed by atoms with Gasteiger partial charge in [-0.2, -0.15) is 16.7 Å². The van der Waals surface area contributed by atoms with Crippen LogP contribution in [0.4, 0.5) is 11.8 Å². The lowest BCUT2D eigenvalue weighted by molar-refractivity contribution is 0.803. The maximum Gasteiger partial charge on any atom is 0.239 e. The number of aryl methyl sites for hydroxylation is 1. The topological polar surface area (TPSA) is 75.9 Å². The number of thioether (sulfide) groups is 1. The van der Waals surface area contributed by atoms with Gasteiger partial charge in [0.05, 0.1) is 0 Å². The van der Waals surface area contributed by atoms with Crippen LogP contribution < -0.4 is 16.6 Å². The normalized spacial score (nSPS) is 19.8. The Balaban J connectivity index is 1.94. The predicted octanol–water partition coefficient (Wildman–Crippen LogP) is 1.38. The number of anilines is 2. The molecule has 0 aromatic carbocycles. The summed E-state index contributed by atoms with van der Waals surface area (Å²) in [5, 5.41) is 4.05. The lowest BCUT2D eigenvalue weighted by Gasteiger charge is -2.11. The van der Waals surface area contributed by atoms with Crippen LogP contribution >= 0.6 is 11.8 Å². The van der Waals surface area contributed by atoms with E-state index in [2.05, 4.69) is 20.7 Å². The second kappa shape index (κ2) is 5.36. The summed E-state index contributed by atoms with van der Waals surface area (Å²) in [6.07, 6.45) is 2.62. The van der Waals surface area contributed by atoms with Crippen molar-refractivity contribution in [1.82, 2.24) is 9.97 Å². The molecular weight excluding hydrogens is 222 g/mol. The van der Waals surface area contributed by atoms with Crippen molar-refractivity contribution in [2.45, 2.75) is 25.0 Å². The molecule has 1 atom stereocenters. The van der Waals surface area contributed by atoms with Crippen molar-refractivity contribution in [3.63, 3.8) is 0 Å². The van der Waals surface area contributed by atoms with Crippen LogP contribution in [0.15, 0.2) is 6.07 Å². The highest BCUT2D eigenvalue weighted by Gasteiger charge is 2.15. The average Bonchev–Trinajstić information content (AvgIpc) is 2.78. The lowest BCUT2D eigenvalue weighted by atomic mass is 10.2. The zero-order chi connectivity index (χ0) is 11.4. The molecule has 5 nitrogen and oxygen atoms in total. The Bertz CT molecular complexity index is 351. The molecule has 0 bridgehead atoms. The Morgan fingerprint density at radius 2 is 2.44 bits per heavy atom. The highest BCUT2D eigenvalue weighted by Crippen LogP contribution is 2.26. The molecule has 0 radical (unpaired) electrons. The number of hydrazine groups is 1. The summed E-state index contributed by atoms with van der Waals surface area (Å²) in [7, 11) is 0. The number of hydrogen-bond donors (Lipinski definition) is 3. The third-order valence-electron chi connectivity index (χ3n) is 2.52. The van der Waals surface area contributed by atoms with Gasteiger partial charge in [0, 0.05) is 23.6 Å². The second-order valence-corrected chi connectivity index (χ2v) is 5.29. The van der Waals surface area contributed by atoms with Gasteiger partial charge in [0.25, 0.3) is 0 Å². The van der Waals surface area contributed by atoms with E-state index in [9.17, 15) is 0 Å². The Hall–Kier alpha value is -1.01. The first-order chi connectivity index (χ1) is 7.78. The van der Waals surface area contributed by atoms with Crippen LogP contribution in [0.1, 0.15) is 18.5 Å². The minimum Gasteiger partial charge on any atom is -0.369 e. The van der Waals surface area contributed by atoms with Gasteiger partial charge >= 0.3 is 0 Å². The van der Waals surface area contributed by atoms with E-state index in [0.717, 1.165) is 18.1 Å². The first-order valence-corrected chi connectivity index (χ1v) is 6.50. The highest BCUT2D eigenvalue weighted by atomic mass is 32.2. The van der Waals surface area contributed by atoms with E-state index in [1.807, 2.05) is 24.8 Å². The van der Waals surface area contributed by atoms with Crippen molar-refractivity contribution in [3.8, 4) is 0 Å². The zero-order valence-electron chi connectivity index (χ0n) is 9.36. The fraction of sp³-hybridized carbons (Fsp3) is 0.600. The second-order valence-electron chi connectivity index (χ2n) is 3.88. The van der Waals surface area contributed by atoms with Crippen molar-refractivity contribution in [3.05, 3.63) is 11.8 Å². The third-order valence-corrected chi connectivity index (χ3v) is 3.92. The van der Waals surface area contributed by atoms with E-state index >= 15 is 0 Å². The fourth-order valence-electron chi connectivity index (χ4n) is 1.75. The van der Waals surface area contributed by atoms with Crippen molar-refractivity contribution in [2.75, 3.05) is 23.0 Å². The molecule has 1 fully saturated rings. The van der Waals surface area contributed by atoms with Crippen molar-refractivity contribution in [2.24, 2.45) is 5.84 Å². The van der Waals surface area contributed by atoms with Gasteiger partial charge in [0.15, 0.2) is 0 Å². The van der Waals surface area contributed by atoms with Gasteiger partial charge in [-0.3, -0.25) is 5.43 Å². The van der Waals surface area contributed by atoms with Gasteiger partial charge in [0.1, 0.15) is 5.82 Å². The summed E-state index contributed by atoms with van der Waals surface area (Å²) in [6, 6.07) is 1.93. The van der Waals surface area contributed by atoms with Crippen molar-refractivity contribution >= 4 is 23.5 Å². The summed E-state index contributed by atoms with van der Waals surface area (Å²) >= 11 is 2.03. The molecule has 0 saturated carbocycles. The Labute approximate surface area is 99.6 Å². The number of aromatic nitrogens is 2. The maximum atomic E-state index is 5.30. The molecule has 6 heteroatoms. The molecule has 88 valence electrons. The molecule has 1 unspecified atom stereocenters. The number of nitrogens with one attached hydrogen (secondary N) is 2. The molecule has 4 N–H and O–H groups in total. The standard InChI is InChI=1S/C10H17N5S/c1-7-5-9(14-10(13-7)15-11)12-6-8-3-2-4-16-8/h5,8H,2-4,6,11H2,1H3,(H2,12,13,14,15). The SMILES string of the molecule is Cc1cc(NCC2CCCS2)nc(NN)n1. The molecule has 2 heterocycles. The Morgan fingerprint density at radius 3 is 3.12 bits per heavy atom. The molecule has 16 heavy (non-hydrogen) atoms. The predicted molar refractivity (Wildman–Crippen MR) is 68.5 cm³/mol. The zero-order valence-corrected chi connectivity index (χ0v) is 10.2. The van der Waals surface area contributed by atoms with E-state index in [4.69, 9.17) is 5.84 Å². The number of rotatable bonds is 4. The highest BCUT2D eigenvalue weighted by molar-refractivity contribution is 8.00. The number of hydrogen-bond acceptors (Lipinski definition) is 6. The Morgan fingerprint density at radius 1 is 1.56 bits per heavy atom. The van der Waals surface area contributed by atoms with Gasteiger partial charge in [-0.25, -0.2) is 10.8 Å². The Kier molecular flexibility index (Phi) is 3.84. The number of nitrogens with zero attached hydrogens (tertiary/aromatic N) is 2. The first kappa shape index (κ1) is 11.5. The van der Waals surface area contributed by atoms with E-state index in [-0.39, 0.29) is 0 Å². The van der Waals surface area contributed by atoms with Crippen LogP contribution in [-0.4, -0.2) is 27.5 Å². The van der Waals surface area contributed by atoms with E-state index < -0.39 is 0 Å². The van der Waals surface area contributed by atoms with Crippen LogP contribution in [-0.2, 0) is 0 Å².